The number of carbonyl (C=O) groups excluding carboxylic acids is 1. The van der Waals surface area contributed by atoms with Crippen molar-refractivity contribution in [1.82, 2.24) is 14.6 Å². The molecular weight excluding hydrogens is 282 g/mol. The van der Waals surface area contributed by atoms with Crippen LogP contribution in [0.2, 0.25) is 0 Å². The van der Waals surface area contributed by atoms with Gasteiger partial charge < -0.3 is 14.3 Å². The highest BCUT2D eigenvalue weighted by Crippen LogP contribution is 2.07. The summed E-state index contributed by atoms with van der Waals surface area (Å²) >= 11 is 0. The number of amides is 1. The molecule has 20 heavy (non-hydrogen) atoms. The fourth-order valence-corrected chi connectivity index (χ4v) is 2.66. The molecule has 0 saturated heterocycles. The van der Waals surface area contributed by atoms with E-state index in [1.165, 1.54) is 24.6 Å². The molecule has 8 heteroatoms. The topological polar surface area (TPSA) is 93.3 Å². The van der Waals surface area contributed by atoms with E-state index in [2.05, 4.69) is 10.0 Å². The van der Waals surface area contributed by atoms with Gasteiger partial charge in [-0.25, -0.2) is 13.1 Å². The first-order chi connectivity index (χ1) is 9.49. The molecule has 0 atom stereocenters. The maximum Gasteiger partial charge on any atom is 0.287 e. The minimum atomic E-state index is -3.54. The molecule has 0 aliphatic rings. The zero-order valence-electron chi connectivity index (χ0n) is 10.9. The molecule has 0 fully saturated rings. The number of nitrogens with one attached hydrogen (secondary N) is 2. The second-order valence-electron chi connectivity index (χ2n) is 4.14. The van der Waals surface area contributed by atoms with Crippen molar-refractivity contribution < 1.29 is 17.6 Å². The van der Waals surface area contributed by atoms with Crippen LogP contribution in [-0.4, -0.2) is 32.0 Å². The average molecular weight is 297 g/mol. The lowest BCUT2D eigenvalue weighted by molar-refractivity contribution is 0.0926. The first-order valence-electron chi connectivity index (χ1n) is 5.92. The van der Waals surface area contributed by atoms with E-state index in [1.807, 2.05) is 0 Å². The molecule has 108 valence electrons. The molecule has 7 nitrogen and oxygen atoms in total. The normalized spacial score (nSPS) is 11.4. The molecular formula is C12H15N3O4S. The van der Waals surface area contributed by atoms with Crippen LogP contribution in [0.1, 0.15) is 10.6 Å². The Balaban J connectivity index is 1.80. The number of furan rings is 1. The zero-order chi connectivity index (χ0) is 14.6. The largest absolute Gasteiger partial charge is 0.459 e. The van der Waals surface area contributed by atoms with Crippen LogP contribution in [0, 0.1) is 0 Å². The molecule has 2 N–H and O–H groups in total. The molecule has 0 saturated carbocycles. The molecule has 0 aliphatic carbocycles. The van der Waals surface area contributed by atoms with Crippen LogP contribution < -0.4 is 10.0 Å². The number of aryl methyl sites for hydroxylation is 1. The Bertz CT molecular complexity index is 673. The summed E-state index contributed by atoms with van der Waals surface area (Å²) in [5.74, 6) is -0.190. The summed E-state index contributed by atoms with van der Waals surface area (Å²) < 4.78 is 32.7. The molecule has 0 aromatic carbocycles. The molecule has 2 aromatic rings. The Morgan fingerprint density at radius 1 is 1.35 bits per heavy atom. The van der Waals surface area contributed by atoms with Crippen LogP contribution in [0.15, 0.2) is 46.2 Å². The first kappa shape index (κ1) is 14.4. The van der Waals surface area contributed by atoms with Crippen molar-refractivity contribution in [3.8, 4) is 0 Å². The van der Waals surface area contributed by atoms with Crippen molar-refractivity contribution in [3.05, 3.63) is 42.6 Å². The van der Waals surface area contributed by atoms with Gasteiger partial charge in [0, 0.05) is 32.5 Å². The van der Waals surface area contributed by atoms with Gasteiger partial charge >= 0.3 is 0 Å². The van der Waals surface area contributed by atoms with Crippen LogP contribution in [0.3, 0.4) is 0 Å². The highest BCUT2D eigenvalue weighted by atomic mass is 32.2. The van der Waals surface area contributed by atoms with Crippen LogP contribution in [-0.2, 0) is 17.1 Å². The molecule has 0 aliphatic heterocycles. The molecule has 0 spiro atoms. The highest BCUT2D eigenvalue weighted by Gasteiger charge is 2.14. The smallest absolute Gasteiger partial charge is 0.287 e. The minimum absolute atomic E-state index is 0.101. The summed E-state index contributed by atoms with van der Waals surface area (Å²) in [7, 11) is -1.80. The Hall–Kier alpha value is -2.06. The van der Waals surface area contributed by atoms with Crippen LogP contribution in [0.4, 0.5) is 0 Å². The van der Waals surface area contributed by atoms with Crippen LogP contribution in [0.25, 0.3) is 0 Å². The highest BCUT2D eigenvalue weighted by molar-refractivity contribution is 7.89. The maximum atomic E-state index is 11.9. The van der Waals surface area contributed by atoms with Crippen molar-refractivity contribution in [2.45, 2.75) is 4.90 Å². The van der Waals surface area contributed by atoms with Gasteiger partial charge in [-0.3, -0.25) is 4.79 Å². The lowest BCUT2D eigenvalue weighted by Gasteiger charge is -2.05. The predicted molar refractivity (Wildman–Crippen MR) is 71.6 cm³/mol. The van der Waals surface area contributed by atoms with Crippen LogP contribution in [0.5, 0.6) is 0 Å². The monoisotopic (exact) mass is 297 g/mol. The van der Waals surface area contributed by atoms with E-state index < -0.39 is 10.0 Å². The Labute approximate surface area is 116 Å². The number of nitrogens with zero attached hydrogens (tertiary/aromatic N) is 1. The van der Waals surface area contributed by atoms with Gasteiger partial charge in [0.1, 0.15) is 0 Å². The van der Waals surface area contributed by atoms with Gasteiger partial charge in [0.25, 0.3) is 5.91 Å². The summed E-state index contributed by atoms with van der Waals surface area (Å²) in [6.45, 7) is 0.273. The fourth-order valence-electron chi connectivity index (χ4n) is 1.58. The van der Waals surface area contributed by atoms with Crippen molar-refractivity contribution in [3.63, 3.8) is 0 Å². The number of carbonyl (C=O) groups is 1. The van der Waals surface area contributed by atoms with Gasteiger partial charge in [0.15, 0.2) is 5.76 Å². The quantitative estimate of drug-likeness (QED) is 0.751. The van der Waals surface area contributed by atoms with Gasteiger partial charge in [0.05, 0.1) is 11.2 Å². The third kappa shape index (κ3) is 3.49. The van der Waals surface area contributed by atoms with Crippen LogP contribution >= 0.6 is 0 Å². The first-order valence-corrected chi connectivity index (χ1v) is 7.41. The van der Waals surface area contributed by atoms with E-state index in [4.69, 9.17) is 4.42 Å². The molecule has 1 amide bonds. The summed E-state index contributed by atoms with van der Waals surface area (Å²) in [5.41, 5.74) is 0. The molecule has 0 bridgehead atoms. The molecule has 2 rings (SSSR count). The lowest BCUT2D eigenvalue weighted by atomic mass is 10.4. The van der Waals surface area contributed by atoms with E-state index in [9.17, 15) is 13.2 Å². The van der Waals surface area contributed by atoms with Gasteiger partial charge in [-0.05, 0) is 18.2 Å². The van der Waals surface area contributed by atoms with E-state index in [-0.39, 0.29) is 29.7 Å². The third-order valence-corrected chi connectivity index (χ3v) is 4.01. The van der Waals surface area contributed by atoms with E-state index in [0.29, 0.717) is 0 Å². The van der Waals surface area contributed by atoms with Crippen molar-refractivity contribution in [1.29, 1.82) is 0 Å². The zero-order valence-corrected chi connectivity index (χ0v) is 11.7. The van der Waals surface area contributed by atoms with Crippen molar-refractivity contribution >= 4 is 15.9 Å². The molecule has 2 heterocycles. The van der Waals surface area contributed by atoms with Gasteiger partial charge in [-0.2, -0.15) is 0 Å². The number of hydrogen-bond donors (Lipinski definition) is 2. The van der Waals surface area contributed by atoms with Crippen molar-refractivity contribution in [2.75, 3.05) is 13.1 Å². The Morgan fingerprint density at radius 2 is 2.15 bits per heavy atom. The fraction of sp³-hybridized carbons (Fsp3) is 0.250. The summed E-state index contributed by atoms with van der Waals surface area (Å²) in [6, 6.07) is 4.64. The number of aromatic nitrogens is 1. The summed E-state index contributed by atoms with van der Waals surface area (Å²) in [4.78, 5) is 11.7. The number of sulfonamides is 1. The second kappa shape index (κ2) is 5.93. The standard InChI is InChI=1S/C12H15N3O4S/c1-15-7-4-10(9-15)20(17,18)14-6-5-13-12(16)11-3-2-8-19-11/h2-4,7-9,14H,5-6H2,1H3,(H,13,16). The molecule has 0 unspecified atom stereocenters. The molecule has 2 aromatic heterocycles. The number of hydrogen-bond acceptors (Lipinski definition) is 4. The van der Waals surface area contributed by atoms with Crippen molar-refractivity contribution in [2.24, 2.45) is 7.05 Å². The Kier molecular flexibility index (Phi) is 4.26. The second-order valence-corrected chi connectivity index (χ2v) is 5.91. The van der Waals surface area contributed by atoms with E-state index >= 15 is 0 Å². The van der Waals surface area contributed by atoms with Gasteiger partial charge in [-0.1, -0.05) is 0 Å². The third-order valence-electron chi connectivity index (χ3n) is 2.56. The summed E-state index contributed by atoms with van der Waals surface area (Å²) in [6.07, 6.45) is 4.55. The average Bonchev–Trinajstić information content (AvgIpc) is 3.05. The maximum absolute atomic E-state index is 11.9. The molecule has 0 radical (unpaired) electrons. The SMILES string of the molecule is Cn1ccc(S(=O)(=O)NCCNC(=O)c2ccco2)c1. The van der Waals surface area contributed by atoms with E-state index in [0.717, 1.165) is 0 Å². The van der Waals surface area contributed by atoms with Gasteiger partial charge in [-0.15, -0.1) is 0 Å². The summed E-state index contributed by atoms with van der Waals surface area (Å²) in [5, 5.41) is 2.55. The predicted octanol–water partition coefficient (Wildman–Crippen LogP) is 0.326. The van der Waals surface area contributed by atoms with Gasteiger partial charge in [0.2, 0.25) is 10.0 Å². The Morgan fingerprint density at radius 3 is 2.75 bits per heavy atom. The number of rotatable bonds is 6. The lowest BCUT2D eigenvalue weighted by Crippen LogP contribution is -2.34. The minimum Gasteiger partial charge on any atom is -0.459 e. The van der Waals surface area contributed by atoms with E-state index in [1.54, 1.807) is 23.9 Å².